The minimum atomic E-state index is -0.0958. The fraction of sp³-hybridized carbons (Fsp3) is 0.900. The van der Waals surface area contributed by atoms with E-state index in [1.807, 2.05) is 0 Å². The molecule has 0 saturated carbocycles. The van der Waals surface area contributed by atoms with Gasteiger partial charge >= 0.3 is 5.97 Å². The van der Waals surface area contributed by atoms with E-state index in [0.717, 1.165) is 32.6 Å². The molecule has 3 atom stereocenters. The molecule has 15 heavy (non-hydrogen) atoms. The summed E-state index contributed by atoms with van der Waals surface area (Å²) in [5.41, 5.74) is 0. The van der Waals surface area contributed by atoms with E-state index < -0.39 is 0 Å². The third-order valence-corrected chi connectivity index (χ3v) is 3.22. The molecule has 5 heteroatoms. The van der Waals surface area contributed by atoms with E-state index in [4.69, 9.17) is 9.47 Å². The van der Waals surface area contributed by atoms with Gasteiger partial charge < -0.3 is 14.8 Å². The van der Waals surface area contributed by atoms with Crippen LogP contribution >= 0.6 is 12.4 Å². The van der Waals surface area contributed by atoms with Crippen LogP contribution in [0, 0.1) is 11.8 Å². The summed E-state index contributed by atoms with van der Waals surface area (Å²) in [7, 11) is 1.45. The molecule has 2 aliphatic rings. The van der Waals surface area contributed by atoms with Gasteiger partial charge in [-0.15, -0.1) is 12.4 Å². The lowest BCUT2D eigenvalue weighted by molar-refractivity contribution is -0.147. The first-order valence-corrected chi connectivity index (χ1v) is 5.20. The number of halogens is 1. The van der Waals surface area contributed by atoms with Crippen LogP contribution in [0.5, 0.6) is 0 Å². The molecule has 0 unspecified atom stereocenters. The Morgan fingerprint density at radius 1 is 1.53 bits per heavy atom. The van der Waals surface area contributed by atoms with Crippen LogP contribution in [0.3, 0.4) is 0 Å². The maximum Gasteiger partial charge on any atom is 0.309 e. The molecule has 4 nitrogen and oxygen atoms in total. The Labute approximate surface area is 96.1 Å². The maximum absolute atomic E-state index is 11.3. The van der Waals surface area contributed by atoms with Crippen molar-refractivity contribution in [2.24, 2.45) is 11.8 Å². The molecule has 0 aromatic rings. The van der Waals surface area contributed by atoms with E-state index in [-0.39, 0.29) is 24.3 Å². The summed E-state index contributed by atoms with van der Waals surface area (Å²) >= 11 is 0. The van der Waals surface area contributed by atoms with Gasteiger partial charge in [0.1, 0.15) is 0 Å². The predicted octanol–water partition coefficient (Wildman–Crippen LogP) is 0.596. The van der Waals surface area contributed by atoms with Gasteiger partial charge in [-0.1, -0.05) is 0 Å². The molecule has 2 fully saturated rings. The number of nitrogens with one attached hydrogen (secondary N) is 1. The summed E-state index contributed by atoms with van der Waals surface area (Å²) in [6.07, 6.45) is 1.98. The molecule has 0 radical (unpaired) electrons. The van der Waals surface area contributed by atoms with Crippen LogP contribution < -0.4 is 5.32 Å². The summed E-state index contributed by atoms with van der Waals surface area (Å²) in [6.45, 7) is 2.38. The van der Waals surface area contributed by atoms with E-state index in [0.29, 0.717) is 12.0 Å². The SMILES string of the molecule is COC(=O)[C@H]1CN[C@@H]2CCOC[C@H]2C1.Cl. The number of piperidine rings is 1. The summed E-state index contributed by atoms with van der Waals surface area (Å²) in [4.78, 5) is 11.3. The molecule has 0 spiro atoms. The van der Waals surface area contributed by atoms with E-state index >= 15 is 0 Å². The van der Waals surface area contributed by atoms with Crippen molar-refractivity contribution in [3.63, 3.8) is 0 Å². The third-order valence-electron chi connectivity index (χ3n) is 3.22. The second-order valence-electron chi connectivity index (χ2n) is 4.09. The Balaban J connectivity index is 0.00000112. The lowest BCUT2D eigenvalue weighted by Gasteiger charge is -2.38. The number of ether oxygens (including phenoxy) is 2. The van der Waals surface area contributed by atoms with Gasteiger partial charge in [-0.25, -0.2) is 0 Å². The van der Waals surface area contributed by atoms with Gasteiger partial charge in [-0.3, -0.25) is 4.79 Å². The van der Waals surface area contributed by atoms with Crippen LogP contribution in [-0.2, 0) is 14.3 Å². The molecule has 0 aliphatic carbocycles. The molecular weight excluding hydrogens is 218 g/mol. The number of methoxy groups -OCH3 is 1. The molecule has 88 valence electrons. The summed E-state index contributed by atoms with van der Waals surface area (Å²) in [5.74, 6) is 0.408. The molecule has 1 N–H and O–H groups in total. The molecule has 0 bridgehead atoms. The molecule has 0 aromatic heterocycles. The Hall–Kier alpha value is -0.320. The number of esters is 1. The molecule has 2 rings (SSSR count). The van der Waals surface area contributed by atoms with Crippen molar-refractivity contribution in [2.45, 2.75) is 18.9 Å². The smallest absolute Gasteiger partial charge is 0.309 e. The predicted molar refractivity (Wildman–Crippen MR) is 58.1 cm³/mol. The van der Waals surface area contributed by atoms with Crippen LogP contribution in [0.2, 0.25) is 0 Å². The van der Waals surface area contributed by atoms with Crippen molar-refractivity contribution in [2.75, 3.05) is 26.9 Å². The Kier molecular flexibility index (Phi) is 4.83. The number of fused-ring (bicyclic) bond motifs is 1. The second kappa shape index (κ2) is 5.68. The topological polar surface area (TPSA) is 47.6 Å². The van der Waals surface area contributed by atoms with Crippen LogP contribution in [-0.4, -0.2) is 38.9 Å². The zero-order valence-electron chi connectivity index (χ0n) is 8.90. The molecule has 0 aromatic carbocycles. The van der Waals surface area contributed by atoms with Gasteiger partial charge in [0, 0.05) is 19.2 Å². The number of rotatable bonds is 1. The zero-order valence-corrected chi connectivity index (χ0v) is 9.72. The number of hydrogen-bond acceptors (Lipinski definition) is 4. The highest BCUT2D eigenvalue weighted by atomic mass is 35.5. The third kappa shape index (κ3) is 2.83. The van der Waals surface area contributed by atoms with Gasteiger partial charge in [0.05, 0.1) is 19.6 Å². The normalized spacial score (nSPS) is 34.9. The first-order valence-electron chi connectivity index (χ1n) is 5.20. The summed E-state index contributed by atoms with van der Waals surface area (Å²) < 4.78 is 10.2. The van der Waals surface area contributed by atoms with Gasteiger partial charge in [-0.05, 0) is 18.8 Å². The van der Waals surface area contributed by atoms with E-state index in [1.165, 1.54) is 7.11 Å². The number of carbonyl (C=O) groups is 1. The monoisotopic (exact) mass is 235 g/mol. The first-order chi connectivity index (χ1) is 6.81. The van der Waals surface area contributed by atoms with Gasteiger partial charge in [0.15, 0.2) is 0 Å². The van der Waals surface area contributed by atoms with Crippen LogP contribution in [0.4, 0.5) is 0 Å². The highest BCUT2D eigenvalue weighted by Crippen LogP contribution is 2.26. The fourth-order valence-corrected chi connectivity index (χ4v) is 2.39. The van der Waals surface area contributed by atoms with Crippen LogP contribution in [0.15, 0.2) is 0 Å². The molecule has 0 amide bonds. The average molecular weight is 236 g/mol. The van der Waals surface area contributed by atoms with Crippen molar-refractivity contribution >= 4 is 18.4 Å². The lowest BCUT2D eigenvalue weighted by atomic mass is 9.83. The minimum Gasteiger partial charge on any atom is -0.469 e. The quantitative estimate of drug-likeness (QED) is 0.676. The zero-order chi connectivity index (χ0) is 9.97. The average Bonchev–Trinajstić information content (AvgIpc) is 2.27. The second-order valence-corrected chi connectivity index (χ2v) is 4.09. The van der Waals surface area contributed by atoms with Crippen molar-refractivity contribution in [3.8, 4) is 0 Å². The van der Waals surface area contributed by atoms with E-state index in [9.17, 15) is 4.79 Å². The summed E-state index contributed by atoms with van der Waals surface area (Å²) in [5, 5.41) is 3.41. The van der Waals surface area contributed by atoms with Crippen molar-refractivity contribution < 1.29 is 14.3 Å². The highest BCUT2D eigenvalue weighted by molar-refractivity contribution is 5.85. The Bertz CT molecular complexity index is 225. The van der Waals surface area contributed by atoms with Crippen LogP contribution in [0.1, 0.15) is 12.8 Å². The van der Waals surface area contributed by atoms with Gasteiger partial charge in [0.2, 0.25) is 0 Å². The van der Waals surface area contributed by atoms with E-state index in [2.05, 4.69) is 5.32 Å². The number of carbonyl (C=O) groups excluding carboxylic acids is 1. The first kappa shape index (κ1) is 12.7. The van der Waals surface area contributed by atoms with Crippen molar-refractivity contribution in [1.82, 2.24) is 5.32 Å². The molecule has 2 heterocycles. The van der Waals surface area contributed by atoms with Gasteiger partial charge in [0.25, 0.3) is 0 Å². The molecule has 2 saturated heterocycles. The van der Waals surface area contributed by atoms with Gasteiger partial charge in [-0.2, -0.15) is 0 Å². The Morgan fingerprint density at radius 2 is 2.33 bits per heavy atom. The Morgan fingerprint density at radius 3 is 3.07 bits per heavy atom. The lowest BCUT2D eigenvalue weighted by Crippen LogP contribution is -2.51. The highest BCUT2D eigenvalue weighted by Gasteiger charge is 2.35. The fourth-order valence-electron chi connectivity index (χ4n) is 2.39. The van der Waals surface area contributed by atoms with Crippen molar-refractivity contribution in [1.29, 1.82) is 0 Å². The largest absolute Gasteiger partial charge is 0.469 e. The number of hydrogen-bond donors (Lipinski definition) is 1. The van der Waals surface area contributed by atoms with Crippen molar-refractivity contribution in [3.05, 3.63) is 0 Å². The van der Waals surface area contributed by atoms with Crippen LogP contribution in [0.25, 0.3) is 0 Å². The maximum atomic E-state index is 11.3. The standard InChI is InChI=1S/C10H17NO3.ClH/c1-13-10(12)7-4-8-6-14-3-2-9(8)11-5-7;/h7-9,11H,2-6H2,1H3;1H/t7-,8-,9-;/m1./s1. The van der Waals surface area contributed by atoms with E-state index in [1.54, 1.807) is 0 Å². The molecular formula is C10H18ClNO3. The minimum absolute atomic E-state index is 0. The summed E-state index contributed by atoms with van der Waals surface area (Å²) in [6, 6.07) is 0.546. The molecule has 2 aliphatic heterocycles.